The number of hydrogen-bond donors (Lipinski definition) is 0. The van der Waals surface area contributed by atoms with Crippen molar-refractivity contribution in [1.82, 2.24) is 0 Å². The van der Waals surface area contributed by atoms with E-state index in [0.29, 0.717) is 17.2 Å². The van der Waals surface area contributed by atoms with Crippen molar-refractivity contribution in [3.05, 3.63) is 55.1 Å². The van der Waals surface area contributed by atoms with Gasteiger partial charge in [-0.15, -0.1) is 0 Å². The average molecular weight is 340 g/mol. The first-order chi connectivity index (χ1) is 11.9. The predicted molar refractivity (Wildman–Crippen MR) is 94.7 cm³/mol. The smallest absolute Gasteiger partial charge is 0.335 e. The van der Waals surface area contributed by atoms with E-state index in [2.05, 4.69) is 6.58 Å². The maximum atomic E-state index is 11.6. The van der Waals surface area contributed by atoms with Crippen molar-refractivity contribution < 1.29 is 23.8 Å². The van der Waals surface area contributed by atoms with E-state index in [1.165, 1.54) is 7.11 Å². The maximum Gasteiger partial charge on any atom is 0.335 e. The molecular formula is C20H20O5. The van der Waals surface area contributed by atoms with Gasteiger partial charge in [0.25, 0.3) is 0 Å². The molecule has 5 nitrogen and oxygen atoms in total. The van der Waals surface area contributed by atoms with Crippen molar-refractivity contribution in [1.29, 1.82) is 0 Å². The van der Waals surface area contributed by atoms with Crippen LogP contribution in [0.2, 0.25) is 0 Å². The van der Waals surface area contributed by atoms with Crippen LogP contribution >= 0.6 is 0 Å². The molecular weight excluding hydrogens is 320 g/mol. The highest BCUT2D eigenvalue weighted by molar-refractivity contribution is 5.84. The molecule has 0 radical (unpaired) electrons. The van der Waals surface area contributed by atoms with E-state index >= 15 is 0 Å². The Morgan fingerprint density at radius 1 is 0.960 bits per heavy atom. The summed E-state index contributed by atoms with van der Waals surface area (Å²) in [7, 11) is 1.50. The molecule has 25 heavy (non-hydrogen) atoms. The molecule has 0 saturated heterocycles. The molecule has 0 amide bonds. The lowest BCUT2D eigenvalue weighted by Gasteiger charge is -2.11. The molecule has 0 aliphatic heterocycles. The van der Waals surface area contributed by atoms with Crippen LogP contribution in [0.25, 0.3) is 11.1 Å². The van der Waals surface area contributed by atoms with Crippen LogP contribution in [-0.2, 0) is 9.59 Å². The third-order valence-electron chi connectivity index (χ3n) is 3.42. The van der Waals surface area contributed by atoms with Crippen molar-refractivity contribution in [3.8, 4) is 28.4 Å². The van der Waals surface area contributed by atoms with Crippen molar-refractivity contribution >= 4 is 11.9 Å². The van der Waals surface area contributed by atoms with E-state index < -0.39 is 5.97 Å². The molecule has 0 atom stereocenters. The topological polar surface area (TPSA) is 61.8 Å². The van der Waals surface area contributed by atoms with E-state index in [1.54, 1.807) is 38.1 Å². The summed E-state index contributed by atoms with van der Waals surface area (Å²) in [5.41, 5.74) is 1.78. The molecule has 0 aliphatic carbocycles. The van der Waals surface area contributed by atoms with Gasteiger partial charge in [0, 0.05) is 6.08 Å². The van der Waals surface area contributed by atoms with Crippen LogP contribution in [0.15, 0.2) is 55.1 Å². The lowest BCUT2D eigenvalue weighted by Crippen LogP contribution is -2.14. The third kappa shape index (κ3) is 4.70. The molecule has 0 N–H and O–H groups in total. The van der Waals surface area contributed by atoms with Gasteiger partial charge >= 0.3 is 11.9 Å². The standard InChI is InChI=1S/C20H20O5/c1-5-19(21)25-17-11-8-15(12-18(17)23-4)14-6-9-16(10-7-14)24-20(22)13(2)3/h5-13H,1H2,2-4H3. The minimum atomic E-state index is -0.553. The van der Waals surface area contributed by atoms with Crippen molar-refractivity contribution in [2.24, 2.45) is 5.92 Å². The zero-order valence-electron chi connectivity index (χ0n) is 14.4. The normalized spacial score (nSPS) is 10.2. The molecule has 0 heterocycles. The molecule has 0 aromatic heterocycles. The van der Waals surface area contributed by atoms with Gasteiger partial charge in [-0.1, -0.05) is 38.6 Å². The Kier molecular flexibility index (Phi) is 5.95. The second kappa shape index (κ2) is 8.15. The molecule has 130 valence electrons. The number of benzene rings is 2. The van der Waals surface area contributed by atoms with Crippen LogP contribution in [0.4, 0.5) is 0 Å². The van der Waals surface area contributed by atoms with Crippen molar-refractivity contribution in [3.63, 3.8) is 0 Å². The van der Waals surface area contributed by atoms with Crippen LogP contribution in [0.3, 0.4) is 0 Å². The van der Waals surface area contributed by atoms with Crippen molar-refractivity contribution in [2.75, 3.05) is 7.11 Å². The monoisotopic (exact) mass is 340 g/mol. The summed E-state index contributed by atoms with van der Waals surface area (Å²) in [6.45, 7) is 6.93. The van der Waals surface area contributed by atoms with Gasteiger partial charge in [-0.25, -0.2) is 4.79 Å². The van der Waals surface area contributed by atoms with Gasteiger partial charge in [0.15, 0.2) is 11.5 Å². The van der Waals surface area contributed by atoms with Gasteiger partial charge in [-0.05, 0) is 35.4 Å². The van der Waals surface area contributed by atoms with Gasteiger partial charge in [0.1, 0.15) is 5.75 Å². The Bertz CT molecular complexity index is 775. The van der Waals surface area contributed by atoms with Gasteiger partial charge in [-0.2, -0.15) is 0 Å². The number of esters is 2. The fraction of sp³-hybridized carbons (Fsp3) is 0.200. The third-order valence-corrected chi connectivity index (χ3v) is 3.42. The molecule has 2 aromatic rings. The molecule has 0 saturated carbocycles. The van der Waals surface area contributed by atoms with Crippen molar-refractivity contribution in [2.45, 2.75) is 13.8 Å². The first-order valence-electron chi connectivity index (χ1n) is 7.79. The Morgan fingerprint density at radius 2 is 1.60 bits per heavy atom. The van der Waals surface area contributed by atoms with Crippen LogP contribution in [0.1, 0.15) is 13.8 Å². The van der Waals surface area contributed by atoms with E-state index in [9.17, 15) is 9.59 Å². The van der Waals surface area contributed by atoms with Gasteiger partial charge in [0.05, 0.1) is 13.0 Å². The lowest BCUT2D eigenvalue weighted by molar-refractivity contribution is -0.137. The highest BCUT2D eigenvalue weighted by Gasteiger charge is 2.12. The molecule has 2 aromatic carbocycles. The largest absolute Gasteiger partial charge is 0.493 e. The van der Waals surface area contributed by atoms with E-state index in [0.717, 1.165) is 17.2 Å². The average Bonchev–Trinajstić information content (AvgIpc) is 2.62. The fourth-order valence-corrected chi connectivity index (χ4v) is 2.03. The highest BCUT2D eigenvalue weighted by atomic mass is 16.6. The molecule has 0 spiro atoms. The summed E-state index contributed by atoms with van der Waals surface area (Å²) in [4.78, 5) is 23.0. The van der Waals surface area contributed by atoms with Gasteiger partial charge in [0.2, 0.25) is 0 Å². The Morgan fingerprint density at radius 3 is 2.16 bits per heavy atom. The zero-order valence-corrected chi connectivity index (χ0v) is 14.4. The van der Waals surface area contributed by atoms with Gasteiger partial charge in [-0.3, -0.25) is 4.79 Å². The Labute approximate surface area is 146 Å². The SMILES string of the molecule is C=CC(=O)Oc1ccc(-c2ccc(OC(=O)C(C)C)cc2)cc1OC. The number of methoxy groups -OCH3 is 1. The summed E-state index contributed by atoms with van der Waals surface area (Å²) in [6, 6.07) is 12.4. The molecule has 2 rings (SSSR count). The minimum Gasteiger partial charge on any atom is -0.493 e. The van der Waals surface area contributed by atoms with Crippen LogP contribution < -0.4 is 14.2 Å². The Hall–Kier alpha value is -3.08. The van der Waals surface area contributed by atoms with E-state index in [1.807, 2.05) is 18.2 Å². The van der Waals surface area contributed by atoms with Crippen LogP contribution in [0.5, 0.6) is 17.2 Å². The van der Waals surface area contributed by atoms with Crippen LogP contribution in [-0.4, -0.2) is 19.0 Å². The quantitative estimate of drug-likeness (QED) is 0.452. The van der Waals surface area contributed by atoms with Crippen LogP contribution in [0, 0.1) is 5.92 Å². The fourth-order valence-electron chi connectivity index (χ4n) is 2.03. The van der Waals surface area contributed by atoms with E-state index in [4.69, 9.17) is 14.2 Å². The molecule has 0 bridgehead atoms. The molecule has 0 aliphatic rings. The lowest BCUT2D eigenvalue weighted by atomic mass is 10.0. The minimum absolute atomic E-state index is 0.185. The summed E-state index contributed by atoms with van der Waals surface area (Å²) in [5, 5.41) is 0. The number of carbonyl (C=O) groups is 2. The van der Waals surface area contributed by atoms with E-state index in [-0.39, 0.29) is 11.9 Å². The Balaban J connectivity index is 2.22. The number of ether oxygens (including phenoxy) is 3. The van der Waals surface area contributed by atoms with Gasteiger partial charge < -0.3 is 14.2 Å². The number of hydrogen-bond acceptors (Lipinski definition) is 5. The summed E-state index contributed by atoms with van der Waals surface area (Å²) >= 11 is 0. The maximum absolute atomic E-state index is 11.6. The number of carbonyl (C=O) groups excluding carboxylic acids is 2. The molecule has 0 unspecified atom stereocenters. The first kappa shape index (κ1) is 18.3. The second-order valence-corrected chi connectivity index (χ2v) is 5.59. The molecule has 0 fully saturated rings. The summed E-state index contributed by atoms with van der Waals surface area (Å²) in [5.74, 6) is 0.229. The molecule has 5 heteroatoms. The highest BCUT2D eigenvalue weighted by Crippen LogP contribution is 2.33. The first-order valence-corrected chi connectivity index (χ1v) is 7.79. The summed E-state index contributed by atoms with van der Waals surface area (Å²) < 4.78 is 15.7. The summed E-state index contributed by atoms with van der Waals surface area (Å²) in [6.07, 6.45) is 1.09. The number of rotatable bonds is 6. The second-order valence-electron chi connectivity index (χ2n) is 5.59. The zero-order chi connectivity index (χ0) is 18.4. The predicted octanol–water partition coefficient (Wildman–Crippen LogP) is 4.02.